The molecule has 0 aliphatic carbocycles. The third-order valence-electron chi connectivity index (χ3n) is 2.90. The van der Waals surface area contributed by atoms with Crippen molar-refractivity contribution in [3.8, 4) is 5.69 Å². The fraction of sp³-hybridized carbons (Fsp3) is 0.357. The minimum absolute atomic E-state index is 0.505. The predicted molar refractivity (Wildman–Crippen MR) is 73.2 cm³/mol. The molecule has 4 heteroatoms. The second-order valence-electron chi connectivity index (χ2n) is 4.35. The summed E-state index contributed by atoms with van der Waals surface area (Å²) >= 11 is 6.28. The molecule has 0 radical (unpaired) electrons. The van der Waals surface area contributed by atoms with Crippen LogP contribution in [-0.4, -0.2) is 14.7 Å². The maximum Gasteiger partial charge on any atom is 0.113 e. The van der Waals surface area contributed by atoms with E-state index in [0.29, 0.717) is 5.02 Å². The Hall–Kier alpha value is -1.32. The summed E-state index contributed by atoms with van der Waals surface area (Å²) in [7, 11) is 0. The summed E-state index contributed by atoms with van der Waals surface area (Å²) in [5.74, 6) is 1.00. The molecule has 0 saturated carbocycles. The second kappa shape index (κ2) is 5.55. The highest BCUT2D eigenvalue weighted by molar-refractivity contribution is 6.32. The lowest BCUT2D eigenvalue weighted by atomic mass is 10.1. The van der Waals surface area contributed by atoms with E-state index in [9.17, 15) is 5.11 Å². The number of aliphatic hydroxyl groups is 1. The largest absolute Gasteiger partial charge is 0.389 e. The zero-order valence-electron chi connectivity index (χ0n) is 10.6. The van der Waals surface area contributed by atoms with E-state index in [1.807, 2.05) is 22.9 Å². The highest BCUT2D eigenvalue weighted by Crippen LogP contribution is 2.25. The first-order valence-corrected chi connectivity index (χ1v) is 6.51. The van der Waals surface area contributed by atoms with Gasteiger partial charge in [0.25, 0.3) is 0 Å². The van der Waals surface area contributed by atoms with Gasteiger partial charge in [0.15, 0.2) is 0 Å². The number of rotatable bonds is 4. The van der Waals surface area contributed by atoms with Crippen LogP contribution in [-0.2, 0) is 6.42 Å². The van der Waals surface area contributed by atoms with Gasteiger partial charge < -0.3 is 9.67 Å². The average molecular weight is 265 g/mol. The highest BCUT2D eigenvalue weighted by Gasteiger charge is 2.10. The molecule has 0 fully saturated rings. The predicted octanol–water partition coefficient (Wildman–Crippen LogP) is 3.53. The zero-order valence-corrected chi connectivity index (χ0v) is 11.4. The topological polar surface area (TPSA) is 38.0 Å². The Morgan fingerprint density at radius 2 is 2.22 bits per heavy atom. The van der Waals surface area contributed by atoms with Crippen LogP contribution in [0.2, 0.25) is 5.02 Å². The van der Waals surface area contributed by atoms with Crippen LogP contribution in [0.25, 0.3) is 5.69 Å². The summed E-state index contributed by atoms with van der Waals surface area (Å²) < 4.78 is 2.00. The Balaban J connectivity index is 2.41. The first-order chi connectivity index (χ1) is 8.63. The average Bonchev–Trinajstić information content (AvgIpc) is 2.77. The van der Waals surface area contributed by atoms with E-state index >= 15 is 0 Å². The van der Waals surface area contributed by atoms with E-state index in [-0.39, 0.29) is 0 Å². The molecule has 1 unspecified atom stereocenters. The van der Waals surface area contributed by atoms with Gasteiger partial charge in [-0.25, -0.2) is 4.98 Å². The van der Waals surface area contributed by atoms with Crippen molar-refractivity contribution < 1.29 is 5.11 Å². The van der Waals surface area contributed by atoms with Gasteiger partial charge in [-0.3, -0.25) is 0 Å². The van der Waals surface area contributed by atoms with Gasteiger partial charge in [-0.15, -0.1) is 0 Å². The molecule has 1 aromatic heterocycles. The molecule has 1 heterocycles. The van der Waals surface area contributed by atoms with Gasteiger partial charge in [-0.05, 0) is 31.0 Å². The summed E-state index contributed by atoms with van der Waals surface area (Å²) in [5.41, 5.74) is 1.72. The number of aryl methyl sites for hydroxylation is 1. The Kier molecular flexibility index (Phi) is 4.04. The number of hydrogen-bond donors (Lipinski definition) is 1. The van der Waals surface area contributed by atoms with Gasteiger partial charge in [0.2, 0.25) is 0 Å². The zero-order chi connectivity index (χ0) is 13.1. The van der Waals surface area contributed by atoms with Crippen LogP contribution in [0.5, 0.6) is 0 Å². The van der Waals surface area contributed by atoms with Crippen molar-refractivity contribution in [2.45, 2.75) is 32.8 Å². The molecule has 0 aliphatic heterocycles. The first kappa shape index (κ1) is 13.1. The van der Waals surface area contributed by atoms with Crippen LogP contribution >= 0.6 is 11.6 Å². The molecular formula is C14H17ClN2O. The number of hydrogen-bond acceptors (Lipinski definition) is 2. The molecule has 0 aliphatic rings. The number of halogens is 1. The molecule has 0 bridgehead atoms. The van der Waals surface area contributed by atoms with Gasteiger partial charge in [0, 0.05) is 18.8 Å². The third-order valence-corrected chi connectivity index (χ3v) is 3.21. The lowest BCUT2D eigenvalue weighted by molar-refractivity contribution is 0.199. The number of nitrogens with zero attached hydrogens (tertiary/aromatic N) is 2. The number of aromatic nitrogens is 2. The smallest absolute Gasteiger partial charge is 0.113 e. The minimum Gasteiger partial charge on any atom is -0.389 e. The number of imidazole rings is 1. The van der Waals surface area contributed by atoms with Crippen LogP contribution in [0, 0.1) is 0 Å². The molecule has 96 valence electrons. The van der Waals surface area contributed by atoms with Crippen LogP contribution < -0.4 is 0 Å². The molecule has 1 atom stereocenters. The van der Waals surface area contributed by atoms with E-state index in [0.717, 1.165) is 29.9 Å². The van der Waals surface area contributed by atoms with E-state index in [1.54, 1.807) is 19.2 Å². The van der Waals surface area contributed by atoms with Crippen molar-refractivity contribution >= 4 is 11.6 Å². The molecule has 0 spiro atoms. The molecule has 3 nitrogen and oxygen atoms in total. The summed E-state index contributed by atoms with van der Waals surface area (Å²) in [4.78, 5) is 4.34. The molecular weight excluding hydrogens is 248 g/mol. The third kappa shape index (κ3) is 2.57. The molecule has 1 aromatic carbocycles. The highest BCUT2D eigenvalue weighted by atomic mass is 35.5. The Labute approximate surface area is 112 Å². The van der Waals surface area contributed by atoms with Crippen LogP contribution in [0.4, 0.5) is 0 Å². The number of aliphatic hydroxyl groups excluding tert-OH is 1. The van der Waals surface area contributed by atoms with Crippen molar-refractivity contribution in [2.75, 3.05) is 0 Å². The van der Waals surface area contributed by atoms with Crippen molar-refractivity contribution in [2.24, 2.45) is 0 Å². The summed E-state index contributed by atoms with van der Waals surface area (Å²) in [6, 6.07) is 5.62. The van der Waals surface area contributed by atoms with Crippen LogP contribution in [0.1, 0.15) is 37.8 Å². The molecule has 2 rings (SSSR count). The van der Waals surface area contributed by atoms with Crippen molar-refractivity contribution in [3.05, 3.63) is 47.0 Å². The van der Waals surface area contributed by atoms with Crippen molar-refractivity contribution in [3.63, 3.8) is 0 Å². The van der Waals surface area contributed by atoms with Gasteiger partial charge in [-0.1, -0.05) is 24.6 Å². The quantitative estimate of drug-likeness (QED) is 0.917. The fourth-order valence-electron chi connectivity index (χ4n) is 1.94. The van der Waals surface area contributed by atoms with Crippen LogP contribution in [0.15, 0.2) is 30.6 Å². The molecule has 0 saturated heterocycles. The summed E-state index contributed by atoms with van der Waals surface area (Å²) in [5, 5.41) is 10.2. The van der Waals surface area contributed by atoms with E-state index in [1.165, 1.54) is 0 Å². The van der Waals surface area contributed by atoms with Crippen LogP contribution in [0.3, 0.4) is 0 Å². The number of benzene rings is 1. The van der Waals surface area contributed by atoms with Gasteiger partial charge in [0.05, 0.1) is 16.8 Å². The molecule has 18 heavy (non-hydrogen) atoms. The Bertz CT molecular complexity index is 534. The first-order valence-electron chi connectivity index (χ1n) is 6.13. The lowest BCUT2D eigenvalue weighted by Crippen LogP contribution is -2.02. The van der Waals surface area contributed by atoms with Gasteiger partial charge >= 0.3 is 0 Å². The lowest BCUT2D eigenvalue weighted by Gasteiger charge is -2.12. The van der Waals surface area contributed by atoms with E-state index < -0.39 is 6.10 Å². The van der Waals surface area contributed by atoms with Crippen molar-refractivity contribution in [1.29, 1.82) is 0 Å². The standard InChI is InChI=1S/C14H17ClN2O/c1-3-4-14-16-7-8-17(14)13-6-5-11(10(2)18)9-12(13)15/h5-10,18H,3-4H2,1-2H3. The maximum absolute atomic E-state index is 9.53. The monoisotopic (exact) mass is 264 g/mol. The van der Waals surface area contributed by atoms with E-state index in [4.69, 9.17) is 11.6 Å². The normalized spacial score (nSPS) is 12.7. The molecule has 2 aromatic rings. The van der Waals surface area contributed by atoms with Crippen molar-refractivity contribution in [1.82, 2.24) is 9.55 Å². The summed E-state index contributed by atoms with van der Waals surface area (Å²) in [6.07, 6.45) is 5.15. The second-order valence-corrected chi connectivity index (χ2v) is 4.76. The summed E-state index contributed by atoms with van der Waals surface area (Å²) in [6.45, 7) is 3.85. The fourth-order valence-corrected chi connectivity index (χ4v) is 2.22. The molecule has 1 N–H and O–H groups in total. The molecule has 0 amide bonds. The SMILES string of the molecule is CCCc1nccn1-c1ccc(C(C)O)cc1Cl. The van der Waals surface area contributed by atoms with E-state index in [2.05, 4.69) is 11.9 Å². The minimum atomic E-state index is -0.505. The Morgan fingerprint density at radius 3 is 2.83 bits per heavy atom. The Morgan fingerprint density at radius 1 is 1.44 bits per heavy atom. The maximum atomic E-state index is 9.53. The van der Waals surface area contributed by atoms with Gasteiger partial charge in [-0.2, -0.15) is 0 Å². The van der Waals surface area contributed by atoms with Gasteiger partial charge in [0.1, 0.15) is 5.82 Å².